The molecule has 1 aromatic carbocycles. The van der Waals surface area contributed by atoms with Gasteiger partial charge in [-0.3, -0.25) is 4.79 Å². The van der Waals surface area contributed by atoms with Crippen LogP contribution in [0.3, 0.4) is 0 Å². The Bertz CT molecular complexity index is 757. The summed E-state index contributed by atoms with van der Waals surface area (Å²) >= 11 is 0. The summed E-state index contributed by atoms with van der Waals surface area (Å²) in [6.45, 7) is 1.49. The third-order valence-corrected chi connectivity index (χ3v) is 4.11. The zero-order valence-electron chi connectivity index (χ0n) is 12.7. The van der Waals surface area contributed by atoms with Gasteiger partial charge in [0.25, 0.3) is 5.91 Å². The van der Waals surface area contributed by atoms with Crippen LogP contribution in [0.1, 0.15) is 39.8 Å². The van der Waals surface area contributed by atoms with Crippen LogP contribution in [0.15, 0.2) is 35.1 Å². The summed E-state index contributed by atoms with van der Waals surface area (Å²) in [7, 11) is 0. The Morgan fingerprint density at radius 2 is 2.08 bits per heavy atom. The number of aliphatic hydroxyl groups is 1. The number of carbonyl (C=O) groups is 1. The van der Waals surface area contributed by atoms with E-state index in [1.807, 2.05) is 0 Å². The van der Waals surface area contributed by atoms with Gasteiger partial charge in [0.05, 0.1) is 17.7 Å². The second kappa shape index (κ2) is 5.94. The van der Waals surface area contributed by atoms with Crippen LogP contribution in [-0.2, 0) is 6.18 Å². The summed E-state index contributed by atoms with van der Waals surface area (Å²) in [6, 6.07) is 4.22. The van der Waals surface area contributed by atoms with E-state index in [0.29, 0.717) is 0 Å². The quantitative estimate of drug-likeness (QED) is 0.913. The molecule has 2 atom stereocenters. The van der Waals surface area contributed by atoms with Crippen molar-refractivity contribution in [2.45, 2.75) is 31.7 Å². The first-order chi connectivity index (χ1) is 11.3. The second-order valence-corrected chi connectivity index (χ2v) is 5.71. The van der Waals surface area contributed by atoms with Gasteiger partial charge >= 0.3 is 6.18 Å². The molecule has 1 N–H and O–H groups in total. The number of alkyl halides is 3. The van der Waals surface area contributed by atoms with E-state index in [1.54, 1.807) is 6.92 Å². The lowest BCUT2D eigenvalue weighted by Crippen LogP contribution is -2.33. The lowest BCUT2D eigenvalue weighted by atomic mass is 9.97. The van der Waals surface area contributed by atoms with E-state index < -0.39 is 29.8 Å². The van der Waals surface area contributed by atoms with E-state index in [-0.39, 0.29) is 30.0 Å². The van der Waals surface area contributed by atoms with Crippen molar-refractivity contribution < 1.29 is 27.5 Å². The van der Waals surface area contributed by atoms with E-state index >= 15 is 0 Å². The first kappa shape index (κ1) is 16.5. The van der Waals surface area contributed by atoms with Gasteiger partial charge in [0.1, 0.15) is 5.76 Å². The largest absolute Gasteiger partial charge is 0.448 e. The van der Waals surface area contributed by atoms with Crippen LogP contribution >= 0.6 is 0 Å². The average molecular weight is 340 g/mol. The molecule has 5 nitrogen and oxygen atoms in total. The molecule has 2 heterocycles. The number of likely N-dealkylation sites (tertiary alicyclic amines) is 1. The number of aryl methyl sites for hydroxylation is 1. The van der Waals surface area contributed by atoms with Crippen LogP contribution in [0.25, 0.3) is 0 Å². The molecule has 1 fully saturated rings. The van der Waals surface area contributed by atoms with E-state index in [4.69, 9.17) is 4.42 Å². The van der Waals surface area contributed by atoms with Crippen LogP contribution in [0, 0.1) is 6.92 Å². The first-order valence-corrected chi connectivity index (χ1v) is 7.34. The van der Waals surface area contributed by atoms with E-state index in [1.165, 1.54) is 23.1 Å². The highest BCUT2D eigenvalue weighted by atomic mass is 19.4. The Morgan fingerprint density at radius 3 is 2.71 bits per heavy atom. The number of amides is 1. The molecule has 1 amide bonds. The van der Waals surface area contributed by atoms with Gasteiger partial charge in [0.15, 0.2) is 12.1 Å². The molecule has 0 saturated carbocycles. The molecule has 0 aliphatic carbocycles. The Kier molecular flexibility index (Phi) is 4.08. The van der Waals surface area contributed by atoms with E-state index in [2.05, 4.69) is 4.98 Å². The van der Waals surface area contributed by atoms with Gasteiger partial charge in [-0.15, -0.1) is 0 Å². The summed E-state index contributed by atoms with van der Waals surface area (Å²) in [5, 5.41) is 9.92. The molecule has 1 saturated heterocycles. The van der Waals surface area contributed by atoms with Gasteiger partial charge in [-0.2, -0.15) is 13.2 Å². The molecule has 0 bridgehead atoms. The zero-order chi connectivity index (χ0) is 17.5. The molecule has 8 heteroatoms. The summed E-state index contributed by atoms with van der Waals surface area (Å²) in [5.74, 6) is -0.274. The van der Waals surface area contributed by atoms with Crippen LogP contribution < -0.4 is 0 Å². The molecule has 128 valence electrons. The molecule has 1 aromatic heterocycles. The van der Waals surface area contributed by atoms with Gasteiger partial charge in [-0.25, -0.2) is 4.98 Å². The molecule has 2 aromatic rings. The highest BCUT2D eigenvalue weighted by Crippen LogP contribution is 2.40. The summed E-state index contributed by atoms with van der Waals surface area (Å²) in [6.07, 6.45) is -4.29. The number of hydrogen-bond donors (Lipinski definition) is 1. The Labute approximate surface area is 135 Å². The molecule has 0 spiro atoms. The van der Waals surface area contributed by atoms with E-state index in [9.17, 15) is 23.1 Å². The fourth-order valence-electron chi connectivity index (χ4n) is 3.03. The molecule has 3 rings (SSSR count). The van der Waals surface area contributed by atoms with Crippen LogP contribution in [0.2, 0.25) is 0 Å². The fraction of sp³-hybridized carbons (Fsp3) is 0.375. The number of β-amino-alcohol motifs (C(OH)–C–C–N with tert-alkyl or cyclic N) is 1. The Morgan fingerprint density at radius 1 is 1.38 bits per heavy atom. The van der Waals surface area contributed by atoms with Gasteiger partial charge in [0, 0.05) is 6.54 Å². The number of benzene rings is 1. The van der Waals surface area contributed by atoms with Crippen molar-refractivity contribution in [1.29, 1.82) is 0 Å². The van der Waals surface area contributed by atoms with Crippen LogP contribution in [-0.4, -0.2) is 33.5 Å². The summed E-state index contributed by atoms with van der Waals surface area (Å²) in [4.78, 5) is 17.7. The number of aliphatic hydroxyl groups excluding tert-OH is 1. The number of hydrogen-bond acceptors (Lipinski definition) is 4. The zero-order valence-corrected chi connectivity index (χ0v) is 12.7. The number of nitrogens with zero attached hydrogens (tertiary/aromatic N) is 2. The minimum Gasteiger partial charge on any atom is -0.448 e. The van der Waals surface area contributed by atoms with Crippen molar-refractivity contribution in [3.63, 3.8) is 0 Å². The van der Waals surface area contributed by atoms with Crippen molar-refractivity contribution in [3.8, 4) is 0 Å². The molecular formula is C16H15F3N2O3. The monoisotopic (exact) mass is 340 g/mol. The van der Waals surface area contributed by atoms with E-state index in [0.717, 1.165) is 12.5 Å². The minimum absolute atomic E-state index is 0.0314. The first-order valence-electron chi connectivity index (χ1n) is 7.34. The number of rotatable bonds is 2. The summed E-state index contributed by atoms with van der Waals surface area (Å²) in [5.41, 5.74) is -0.798. The standard InChI is InChI=1S/C16H15F3N2O3/c1-9-14(20-8-24-9)15(23)21-7-10(22)6-13(21)11-4-2-3-5-12(11)16(17,18)19/h2-5,8,10,13,22H,6-7H2,1H3/t10-,13+/m0/s1. The Hall–Kier alpha value is -2.35. The highest BCUT2D eigenvalue weighted by Gasteiger charge is 2.42. The van der Waals surface area contributed by atoms with Gasteiger partial charge in [-0.1, -0.05) is 18.2 Å². The Balaban J connectivity index is 2.01. The predicted octanol–water partition coefficient (Wildman–Crippen LogP) is 2.95. The fourth-order valence-corrected chi connectivity index (χ4v) is 3.03. The molecular weight excluding hydrogens is 325 g/mol. The average Bonchev–Trinajstić information content (AvgIpc) is 3.11. The van der Waals surface area contributed by atoms with Crippen molar-refractivity contribution in [1.82, 2.24) is 9.88 Å². The number of halogens is 3. The van der Waals surface area contributed by atoms with Crippen molar-refractivity contribution in [2.24, 2.45) is 0 Å². The predicted molar refractivity (Wildman–Crippen MR) is 77.1 cm³/mol. The number of carbonyl (C=O) groups excluding carboxylic acids is 1. The molecule has 0 radical (unpaired) electrons. The normalized spacial score (nSPS) is 21.3. The summed E-state index contributed by atoms with van der Waals surface area (Å²) < 4.78 is 44.8. The van der Waals surface area contributed by atoms with Crippen LogP contribution in [0.4, 0.5) is 13.2 Å². The molecule has 24 heavy (non-hydrogen) atoms. The maximum atomic E-state index is 13.3. The number of oxazole rings is 1. The lowest BCUT2D eigenvalue weighted by molar-refractivity contribution is -0.138. The highest BCUT2D eigenvalue weighted by molar-refractivity contribution is 5.93. The maximum Gasteiger partial charge on any atom is 0.416 e. The lowest BCUT2D eigenvalue weighted by Gasteiger charge is -2.26. The molecule has 1 aliphatic heterocycles. The topological polar surface area (TPSA) is 66.6 Å². The molecule has 1 aliphatic rings. The molecule has 0 unspecified atom stereocenters. The maximum absolute atomic E-state index is 13.3. The smallest absolute Gasteiger partial charge is 0.416 e. The van der Waals surface area contributed by atoms with Crippen molar-refractivity contribution >= 4 is 5.91 Å². The SMILES string of the molecule is Cc1ocnc1C(=O)N1C[C@@H](O)C[C@@H]1c1ccccc1C(F)(F)F. The minimum atomic E-state index is -4.54. The second-order valence-electron chi connectivity index (χ2n) is 5.71. The van der Waals surface area contributed by atoms with Gasteiger partial charge in [-0.05, 0) is 25.0 Å². The van der Waals surface area contributed by atoms with Gasteiger partial charge < -0.3 is 14.4 Å². The van der Waals surface area contributed by atoms with Crippen LogP contribution in [0.5, 0.6) is 0 Å². The van der Waals surface area contributed by atoms with Crippen molar-refractivity contribution in [3.05, 3.63) is 53.2 Å². The third kappa shape index (κ3) is 2.89. The van der Waals surface area contributed by atoms with Crippen molar-refractivity contribution in [2.75, 3.05) is 6.54 Å². The number of aromatic nitrogens is 1. The third-order valence-electron chi connectivity index (χ3n) is 4.11. The van der Waals surface area contributed by atoms with Gasteiger partial charge in [0.2, 0.25) is 0 Å².